The lowest BCUT2D eigenvalue weighted by Crippen LogP contribution is -2.42. The van der Waals surface area contributed by atoms with Crippen molar-refractivity contribution in [3.63, 3.8) is 0 Å². The molecule has 0 saturated carbocycles. The van der Waals surface area contributed by atoms with Gasteiger partial charge >= 0.3 is 0 Å². The Morgan fingerprint density at radius 3 is 2.89 bits per heavy atom. The predicted molar refractivity (Wildman–Crippen MR) is 80.3 cm³/mol. The molecule has 0 amide bonds. The van der Waals surface area contributed by atoms with Gasteiger partial charge in [0, 0.05) is 17.3 Å². The fourth-order valence-corrected chi connectivity index (χ4v) is 5.20. The first-order chi connectivity index (χ1) is 8.58. The second kappa shape index (κ2) is 4.57. The Kier molecular flexibility index (Phi) is 3.19. The standard InChI is InChI=1S/C16H23NS/c1-11-8-9-18-14-10-16(2,3)13-7-5-4-6-12(13)15(14)17-11/h4-7,11,14-15,17H,8-10H2,1-3H3. The van der Waals surface area contributed by atoms with E-state index in [9.17, 15) is 0 Å². The highest BCUT2D eigenvalue weighted by atomic mass is 32.2. The van der Waals surface area contributed by atoms with Crippen molar-refractivity contribution < 1.29 is 0 Å². The van der Waals surface area contributed by atoms with Crippen LogP contribution in [-0.2, 0) is 5.41 Å². The van der Waals surface area contributed by atoms with Gasteiger partial charge in [-0.2, -0.15) is 11.8 Å². The molecular weight excluding hydrogens is 238 g/mol. The zero-order chi connectivity index (χ0) is 12.8. The lowest BCUT2D eigenvalue weighted by atomic mass is 9.70. The van der Waals surface area contributed by atoms with Gasteiger partial charge in [-0.25, -0.2) is 0 Å². The smallest absolute Gasteiger partial charge is 0.0445 e. The Labute approximate surface area is 115 Å². The van der Waals surface area contributed by atoms with Gasteiger partial charge in [0.15, 0.2) is 0 Å². The summed E-state index contributed by atoms with van der Waals surface area (Å²) in [5, 5.41) is 4.59. The maximum Gasteiger partial charge on any atom is 0.0445 e. The van der Waals surface area contributed by atoms with E-state index in [4.69, 9.17) is 0 Å². The summed E-state index contributed by atoms with van der Waals surface area (Å²) >= 11 is 2.18. The second-order valence-corrected chi connectivity index (χ2v) is 7.77. The van der Waals surface area contributed by atoms with Crippen LogP contribution >= 0.6 is 11.8 Å². The summed E-state index contributed by atoms with van der Waals surface area (Å²) in [5.74, 6) is 1.30. The van der Waals surface area contributed by atoms with Crippen LogP contribution in [0.1, 0.15) is 50.8 Å². The monoisotopic (exact) mass is 261 g/mol. The summed E-state index contributed by atoms with van der Waals surface area (Å²) in [5.41, 5.74) is 3.41. The predicted octanol–water partition coefficient (Wildman–Crippen LogP) is 3.89. The molecule has 18 heavy (non-hydrogen) atoms. The molecule has 1 aromatic carbocycles. The zero-order valence-corrected chi connectivity index (χ0v) is 12.4. The molecular formula is C16H23NS. The number of nitrogens with one attached hydrogen (secondary N) is 1. The molecule has 1 fully saturated rings. The van der Waals surface area contributed by atoms with Crippen LogP contribution in [0.15, 0.2) is 24.3 Å². The number of thioether (sulfide) groups is 1. The average molecular weight is 261 g/mol. The SMILES string of the molecule is CC1CCSC2CC(C)(C)c3ccccc3C2N1. The topological polar surface area (TPSA) is 12.0 Å². The van der Waals surface area contributed by atoms with E-state index >= 15 is 0 Å². The van der Waals surface area contributed by atoms with E-state index < -0.39 is 0 Å². The van der Waals surface area contributed by atoms with Gasteiger partial charge in [-0.1, -0.05) is 38.1 Å². The molecule has 1 aliphatic heterocycles. The van der Waals surface area contributed by atoms with Crippen LogP contribution in [0, 0.1) is 0 Å². The first kappa shape index (κ1) is 12.6. The van der Waals surface area contributed by atoms with E-state index in [1.807, 2.05) is 0 Å². The molecule has 1 aromatic rings. The molecule has 1 saturated heterocycles. The number of hydrogen-bond acceptors (Lipinski definition) is 2. The van der Waals surface area contributed by atoms with E-state index in [-0.39, 0.29) is 0 Å². The molecule has 0 radical (unpaired) electrons. The highest BCUT2D eigenvalue weighted by molar-refractivity contribution is 7.99. The van der Waals surface area contributed by atoms with Crippen LogP contribution in [0.2, 0.25) is 0 Å². The highest BCUT2D eigenvalue weighted by Gasteiger charge is 2.40. The Bertz CT molecular complexity index is 440. The third-order valence-corrected chi connectivity index (χ3v) is 5.79. The normalized spacial score (nSPS) is 34.3. The van der Waals surface area contributed by atoms with Gasteiger partial charge in [0.1, 0.15) is 0 Å². The third-order valence-electron chi connectivity index (χ3n) is 4.46. The van der Waals surface area contributed by atoms with E-state index in [0.717, 1.165) is 5.25 Å². The Morgan fingerprint density at radius 1 is 1.28 bits per heavy atom. The van der Waals surface area contributed by atoms with Crippen LogP contribution in [0.5, 0.6) is 0 Å². The van der Waals surface area contributed by atoms with E-state index in [1.165, 1.54) is 18.6 Å². The van der Waals surface area contributed by atoms with Crippen LogP contribution in [0.25, 0.3) is 0 Å². The lowest BCUT2D eigenvalue weighted by Gasteiger charge is -2.42. The molecule has 98 valence electrons. The third kappa shape index (κ3) is 2.10. The molecule has 3 unspecified atom stereocenters. The quantitative estimate of drug-likeness (QED) is 0.760. The van der Waals surface area contributed by atoms with Crippen molar-refractivity contribution in [1.82, 2.24) is 5.32 Å². The van der Waals surface area contributed by atoms with Gasteiger partial charge < -0.3 is 5.32 Å². The summed E-state index contributed by atoms with van der Waals surface area (Å²) < 4.78 is 0. The fourth-order valence-electron chi connectivity index (χ4n) is 3.45. The van der Waals surface area contributed by atoms with Crippen molar-refractivity contribution in [2.75, 3.05) is 5.75 Å². The van der Waals surface area contributed by atoms with E-state index in [1.54, 1.807) is 11.1 Å². The number of benzene rings is 1. The molecule has 2 heteroatoms. The number of rotatable bonds is 0. The molecule has 0 spiro atoms. The fraction of sp³-hybridized carbons (Fsp3) is 0.625. The summed E-state index contributed by atoms with van der Waals surface area (Å²) in [4.78, 5) is 0. The maximum absolute atomic E-state index is 3.85. The van der Waals surface area contributed by atoms with Crippen molar-refractivity contribution in [2.24, 2.45) is 0 Å². The molecule has 0 aromatic heterocycles. The molecule has 1 heterocycles. The van der Waals surface area contributed by atoms with Gasteiger partial charge in [-0.15, -0.1) is 0 Å². The molecule has 1 nitrogen and oxygen atoms in total. The maximum atomic E-state index is 3.85. The van der Waals surface area contributed by atoms with E-state index in [0.29, 0.717) is 17.5 Å². The van der Waals surface area contributed by atoms with Crippen molar-refractivity contribution in [3.05, 3.63) is 35.4 Å². The number of hydrogen-bond donors (Lipinski definition) is 1. The molecule has 0 bridgehead atoms. The van der Waals surface area contributed by atoms with Gasteiger partial charge in [0.05, 0.1) is 0 Å². The first-order valence-corrected chi connectivity index (χ1v) is 8.10. The van der Waals surface area contributed by atoms with Crippen molar-refractivity contribution in [3.8, 4) is 0 Å². The molecule has 1 N–H and O–H groups in total. The first-order valence-electron chi connectivity index (χ1n) is 7.05. The van der Waals surface area contributed by atoms with Crippen LogP contribution < -0.4 is 5.32 Å². The highest BCUT2D eigenvalue weighted by Crippen LogP contribution is 2.47. The van der Waals surface area contributed by atoms with Gasteiger partial charge in [0.25, 0.3) is 0 Å². The summed E-state index contributed by atoms with van der Waals surface area (Å²) in [6, 6.07) is 10.2. The second-order valence-electron chi connectivity index (χ2n) is 6.42. The minimum absolute atomic E-state index is 0.319. The molecule has 1 aliphatic carbocycles. The van der Waals surface area contributed by atoms with Crippen LogP contribution in [-0.4, -0.2) is 17.0 Å². The average Bonchev–Trinajstić information content (AvgIpc) is 2.51. The van der Waals surface area contributed by atoms with Crippen molar-refractivity contribution in [1.29, 1.82) is 0 Å². The Morgan fingerprint density at radius 2 is 2.06 bits per heavy atom. The minimum Gasteiger partial charge on any atom is -0.306 e. The van der Waals surface area contributed by atoms with Crippen LogP contribution in [0.4, 0.5) is 0 Å². The summed E-state index contributed by atoms with van der Waals surface area (Å²) in [6.45, 7) is 7.12. The largest absolute Gasteiger partial charge is 0.306 e. The summed E-state index contributed by atoms with van der Waals surface area (Å²) in [7, 11) is 0. The van der Waals surface area contributed by atoms with Crippen molar-refractivity contribution >= 4 is 11.8 Å². The molecule has 3 rings (SSSR count). The minimum atomic E-state index is 0.319. The number of fused-ring (bicyclic) bond motifs is 3. The van der Waals surface area contributed by atoms with Gasteiger partial charge in [-0.3, -0.25) is 0 Å². The molecule has 2 aliphatic rings. The Balaban J connectivity index is 2.05. The van der Waals surface area contributed by atoms with Crippen LogP contribution in [0.3, 0.4) is 0 Å². The zero-order valence-electron chi connectivity index (χ0n) is 11.6. The van der Waals surface area contributed by atoms with E-state index in [2.05, 4.69) is 62.1 Å². The van der Waals surface area contributed by atoms with Crippen molar-refractivity contribution in [2.45, 2.75) is 56.4 Å². The Hall–Kier alpha value is -0.470. The summed E-state index contributed by atoms with van der Waals surface area (Å²) in [6.07, 6.45) is 2.58. The van der Waals surface area contributed by atoms with Gasteiger partial charge in [0.2, 0.25) is 0 Å². The lowest BCUT2D eigenvalue weighted by molar-refractivity contribution is 0.352. The molecule has 3 atom stereocenters. The van der Waals surface area contributed by atoms with Gasteiger partial charge in [-0.05, 0) is 42.1 Å².